The Bertz CT molecular complexity index is 452. The highest BCUT2D eigenvalue weighted by molar-refractivity contribution is 7.10. The van der Waals surface area contributed by atoms with Crippen molar-refractivity contribution in [3.05, 3.63) is 34.2 Å². The van der Waals surface area contributed by atoms with Gasteiger partial charge in [0, 0.05) is 17.8 Å². The minimum absolute atomic E-state index is 0.0725. The molecule has 2 heterocycles. The summed E-state index contributed by atoms with van der Waals surface area (Å²) in [6.07, 6.45) is 1.04. The summed E-state index contributed by atoms with van der Waals surface area (Å²) in [4.78, 5) is 1.34. The van der Waals surface area contributed by atoms with Gasteiger partial charge in [0.25, 0.3) is 0 Å². The molecule has 4 nitrogen and oxygen atoms in total. The Kier molecular flexibility index (Phi) is 3.91. The molecule has 0 aliphatic heterocycles. The van der Waals surface area contributed by atoms with E-state index in [9.17, 15) is 0 Å². The zero-order chi connectivity index (χ0) is 12.3. The summed E-state index contributed by atoms with van der Waals surface area (Å²) in [5, 5.41) is 13.5. The fraction of sp³-hybridized carbons (Fsp3) is 0.500. The van der Waals surface area contributed by atoms with Gasteiger partial charge in [-0.05, 0) is 24.8 Å². The maximum absolute atomic E-state index is 5.43. The van der Waals surface area contributed by atoms with Gasteiger partial charge in [0.1, 0.15) is 0 Å². The molecule has 1 N–H and O–H groups in total. The van der Waals surface area contributed by atoms with Crippen LogP contribution in [-0.2, 0) is 0 Å². The van der Waals surface area contributed by atoms with Crippen LogP contribution in [0.3, 0.4) is 0 Å². The molecule has 92 valence electrons. The summed E-state index contributed by atoms with van der Waals surface area (Å²) in [5.41, 5.74) is 0. The van der Waals surface area contributed by atoms with Crippen LogP contribution in [0.25, 0.3) is 0 Å². The van der Waals surface area contributed by atoms with E-state index in [1.807, 2.05) is 6.92 Å². The second kappa shape index (κ2) is 5.42. The number of nitrogens with one attached hydrogen (secondary N) is 1. The Balaban J connectivity index is 2.04. The van der Waals surface area contributed by atoms with Crippen molar-refractivity contribution in [3.8, 4) is 0 Å². The minimum Gasteiger partial charge on any atom is -0.424 e. The lowest BCUT2D eigenvalue weighted by Crippen LogP contribution is -2.23. The largest absolute Gasteiger partial charge is 0.424 e. The predicted molar refractivity (Wildman–Crippen MR) is 67.9 cm³/mol. The molecule has 17 heavy (non-hydrogen) atoms. The number of aryl methyl sites for hydroxylation is 1. The van der Waals surface area contributed by atoms with Gasteiger partial charge < -0.3 is 4.42 Å². The summed E-state index contributed by atoms with van der Waals surface area (Å²) in [7, 11) is 0. The number of hydrogen-bond acceptors (Lipinski definition) is 5. The van der Waals surface area contributed by atoms with Crippen molar-refractivity contribution in [1.82, 2.24) is 15.5 Å². The molecule has 0 saturated carbocycles. The van der Waals surface area contributed by atoms with E-state index < -0.39 is 0 Å². The molecule has 0 aliphatic carbocycles. The lowest BCUT2D eigenvalue weighted by atomic mass is 10.1. The number of thiophene rings is 1. The molecule has 2 aromatic rings. The molecule has 0 radical (unpaired) electrons. The van der Waals surface area contributed by atoms with E-state index in [2.05, 4.69) is 40.0 Å². The first-order valence-corrected chi connectivity index (χ1v) is 6.68. The maximum Gasteiger partial charge on any atom is 0.233 e. The topological polar surface area (TPSA) is 51.0 Å². The fourth-order valence-electron chi connectivity index (χ4n) is 1.75. The number of rotatable bonds is 5. The molecule has 0 aliphatic rings. The lowest BCUT2D eigenvalue weighted by Gasteiger charge is -2.18. The van der Waals surface area contributed by atoms with Crippen LogP contribution in [0.15, 0.2) is 21.9 Å². The van der Waals surface area contributed by atoms with E-state index in [1.165, 1.54) is 4.88 Å². The smallest absolute Gasteiger partial charge is 0.233 e. The lowest BCUT2D eigenvalue weighted by molar-refractivity contribution is 0.369. The SMILES string of the molecule is CC[C@H](N[C@H](C)c1nnc(C)o1)c1cccs1. The first-order valence-electron chi connectivity index (χ1n) is 5.80. The minimum atomic E-state index is 0.0725. The van der Waals surface area contributed by atoms with Gasteiger partial charge in [0.15, 0.2) is 0 Å². The molecule has 2 aromatic heterocycles. The van der Waals surface area contributed by atoms with Crippen molar-refractivity contribution < 1.29 is 4.42 Å². The van der Waals surface area contributed by atoms with Crippen LogP contribution < -0.4 is 5.32 Å². The standard InChI is InChI=1S/C12H17N3OS/c1-4-10(11-6-5-7-17-11)13-8(2)12-15-14-9(3)16-12/h5-8,10,13H,4H2,1-3H3/t8-,10+/m1/s1. The van der Waals surface area contributed by atoms with Crippen molar-refractivity contribution >= 4 is 11.3 Å². The molecule has 0 amide bonds. The van der Waals surface area contributed by atoms with Crippen molar-refractivity contribution in [3.63, 3.8) is 0 Å². The van der Waals surface area contributed by atoms with E-state index in [1.54, 1.807) is 18.3 Å². The summed E-state index contributed by atoms with van der Waals surface area (Å²) in [6.45, 7) is 6.02. The Morgan fingerprint density at radius 2 is 2.29 bits per heavy atom. The molecule has 0 unspecified atom stereocenters. The molecule has 0 aromatic carbocycles. The molecular formula is C12H17N3OS. The number of aromatic nitrogens is 2. The monoisotopic (exact) mass is 251 g/mol. The average Bonchev–Trinajstić information content (AvgIpc) is 2.96. The maximum atomic E-state index is 5.43. The molecule has 0 spiro atoms. The number of nitrogens with zero attached hydrogens (tertiary/aromatic N) is 2. The van der Waals surface area contributed by atoms with Crippen LogP contribution in [0.1, 0.15) is 49.0 Å². The van der Waals surface area contributed by atoms with Crippen LogP contribution in [0.5, 0.6) is 0 Å². The van der Waals surface area contributed by atoms with Crippen molar-refractivity contribution in [2.75, 3.05) is 0 Å². The molecule has 5 heteroatoms. The van der Waals surface area contributed by atoms with Gasteiger partial charge in [0.05, 0.1) is 6.04 Å². The molecule has 0 saturated heterocycles. The van der Waals surface area contributed by atoms with E-state index in [0.29, 0.717) is 17.8 Å². The second-order valence-electron chi connectivity index (χ2n) is 4.02. The van der Waals surface area contributed by atoms with Gasteiger partial charge in [-0.1, -0.05) is 13.0 Å². The predicted octanol–water partition coefficient (Wildman–Crippen LogP) is 3.24. The van der Waals surface area contributed by atoms with Gasteiger partial charge in [-0.25, -0.2) is 0 Å². The molecule has 0 bridgehead atoms. The highest BCUT2D eigenvalue weighted by atomic mass is 32.1. The Labute approximate surface area is 105 Å². The van der Waals surface area contributed by atoms with Gasteiger partial charge in [-0.2, -0.15) is 0 Å². The normalized spacial score (nSPS) is 14.8. The van der Waals surface area contributed by atoms with Crippen LogP contribution >= 0.6 is 11.3 Å². The zero-order valence-corrected chi connectivity index (χ0v) is 11.1. The van der Waals surface area contributed by atoms with Gasteiger partial charge in [0.2, 0.25) is 11.8 Å². The highest BCUT2D eigenvalue weighted by Gasteiger charge is 2.18. The Morgan fingerprint density at radius 3 is 2.82 bits per heavy atom. The Morgan fingerprint density at radius 1 is 1.47 bits per heavy atom. The van der Waals surface area contributed by atoms with Crippen molar-refractivity contribution in [1.29, 1.82) is 0 Å². The molecule has 2 atom stereocenters. The van der Waals surface area contributed by atoms with E-state index in [4.69, 9.17) is 4.42 Å². The third-order valence-corrected chi connectivity index (χ3v) is 3.64. The van der Waals surface area contributed by atoms with Crippen molar-refractivity contribution in [2.45, 2.75) is 39.3 Å². The van der Waals surface area contributed by atoms with E-state index in [-0.39, 0.29) is 6.04 Å². The third-order valence-electron chi connectivity index (χ3n) is 2.66. The van der Waals surface area contributed by atoms with Crippen LogP contribution in [0.2, 0.25) is 0 Å². The molecule has 0 fully saturated rings. The molecular weight excluding hydrogens is 234 g/mol. The van der Waals surface area contributed by atoms with Gasteiger partial charge in [-0.3, -0.25) is 5.32 Å². The van der Waals surface area contributed by atoms with Gasteiger partial charge in [-0.15, -0.1) is 21.5 Å². The van der Waals surface area contributed by atoms with Crippen LogP contribution in [0.4, 0.5) is 0 Å². The van der Waals surface area contributed by atoms with E-state index >= 15 is 0 Å². The average molecular weight is 251 g/mol. The summed E-state index contributed by atoms with van der Waals surface area (Å²) >= 11 is 1.77. The third kappa shape index (κ3) is 2.92. The van der Waals surface area contributed by atoms with Crippen molar-refractivity contribution in [2.24, 2.45) is 0 Å². The first-order chi connectivity index (χ1) is 8.20. The number of hydrogen-bond donors (Lipinski definition) is 1. The zero-order valence-electron chi connectivity index (χ0n) is 10.3. The highest BCUT2D eigenvalue weighted by Crippen LogP contribution is 2.24. The fourth-order valence-corrected chi connectivity index (χ4v) is 2.62. The summed E-state index contributed by atoms with van der Waals surface area (Å²) in [5.74, 6) is 1.26. The summed E-state index contributed by atoms with van der Waals surface area (Å²) < 4.78 is 5.43. The van der Waals surface area contributed by atoms with Crippen LogP contribution in [-0.4, -0.2) is 10.2 Å². The molecule has 2 rings (SSSR count). The van der Waals surface area contributed by atoms with Crippen LogP contribution in [0, 0.1) is 6.92 Å². The van der Waals surface area contributed by atoms with E-state index in [0.717, 1.165) is 6.42 Å². The summed E-state index contributed by atoms with van der Waals surface area (Å²) in [6, 6.07) is 4.64. The second-order valence-corrected chi connectivity index (χ2v) is 5.00. The Hall–Kier alpha value is -1.20. The van der Waals surface area contributed by atoms with Gasteiger partial charge >= 0.3 is 0 Å². The quantitative estimate of drug-likeness (QED) is 0.886. The first kappa shape index (κ1) is 12.3.